The van der Waals surface area contributed by atoms with Gasteiger partial charge in [0.25, 0.3) is 5.91 Å². The molecule has 0 unspecified atom stereocenters. The molecule has 0 saturated carbocycles. The Bertz CT molecular complexity index is 159. The van der Waals surface area contributed by atoms with E-state index in [9.17, 15) is 14.0 Å². The maximum Gasteiger partial charge on any atom is 0.289 e. The molecular weight excluding hydrogens is 149 g/mol. The molecule has 1 amide bonds. The van der Waals surface area contributed by atoms with Gasteiger partial charge in [-0.15, -0.1) is 0 Å². The summed E-state index contributed by atoms with van der Waals surface area (Å²) < 4.78 is 11.7. The van der Waals surface area contributed by atoms with Gasteiger partial charge in [0, 0.05) is 20.0 Å². The Kier molecular flexibility index (Phi) is 4.41. The van der Waals surface area contributed by atoms with Gasteiger partial charge < -0.3 is 4.90 Å². The Labute approximate surface area is 65.2 Å². The van der Waals surface area contributed by atoms with E-state index in [2.05, 4.69) is 0 Å². The Morgan fingerprint density at radius 1 is 1.45 bits per heavy atom. The molecule has 0 aromatic heterocycles. The quantitative estimate of drug-likeness (QED) is 0.559. The van der Waals surface area contributed by atoms with Gasteiger partial charge in [0.2, 0.25) is 5.78 Å². The minimum atomic E-state index is -0.606. The van der Waals surface area contributed by atoms with Crippen LogP contribution in [-0.2, 0) is 9.59 Å². The van der Waals surface area contributed by atoms with Crippen molar-refractivity contribution < 1.29 is 14.0 Å². The summed E-state index contributed by atoms with van der Waals surface area (Å²) in [4.78, 5) is 22.6. The molecule has 4 heteroatoms. The average Bonchev–Trinajstić information content (AvgIpc) is 1.98. The molecule has 0 fully saturated rings. The van der Waals surface area contributed by atoms with Crippen LogP contribution in [0.15, 0.2) is 0 Å². The fraction of sp³-hybridized carbons (Fsp3) is 0.714. The van der Waals surface area contributed by atoms with Gasteiger partial charge >= 0.3 is 0 Å². The van der Waals surface area contributed by atoms with Crippen molar-refractivity contribution in [2.24, 2.45) is 0 Å². The van der Waals surface area contributed by atoms with Crippen molar-refractivity contribution in [2.45, 2.75) is 13.8 Å². The van der Waals surface area contributed by atoms with Gasteiger partial charge in [-0.2, -0.15) is 0 Å². The second kappa shape index (κ2) is 4.82. The standard InChI is InChI=1S/C7H12FNO2/c1-3-9(5-4-8)7(11)6(2)10/h3-5H2,1-2H3. The van der Waals surface area contributed by atoms with E-state index in [1.807, 2.05) is 0 Å². The van der Waals surface area contributed by atoms with Crippen LogP contribution in [0.2, 0.25) is 0 Å². The minimum absolute atomic E-state index is 0.00884. The third kappa shape index (κ3) is 3.11. The molecule has 0 aliphatic carbocycles. The van der Waals surface area contributed by atoms with E-state index in [4.69, 9.17) is 0 Å². The molecule has 0 N–H and O–H groups in total. The highest BCUT2D eigenvalue weighted by Gasteiger charge is 2.14. The summed E-state index contributed by atoms with van der Waals surface area (Å²) >= 11 is 0. The number of halogens is 1. The van der Waals surface area contributed by atoms with Crippen LogP contribution in [0, 0.1) is 0 Å². The van der Waals surface area contributed by atoms with Crippen LogP contribution in [0.3, 0.4) is 0 Å². The zero-order valence-corrected chi connectivity index (χ0v) is 6.76. The van der Waals surface area contributed by atoms with Crippen LogP contribution in [-0.4, -0.2) is 36.4 Å². The first-order valence-electron chi connectivity index (χ1n) is 3.49. The molecule has 0 spiro atoms. The largest absolute Gasteiger partial charge is 0.334 e. The molecule has 0 bridgehead atoms. The van der Waals surface area contributed by atoms with E-state index in [1.165, 1.54) is 11.8 Å². The summed E-state index contributed by atoms with van der Waals surface area (Å²) in [5, 5.41) is 0. The lowest BCUT2D eigenvalue weighted by Gasteiger charge is -2.16. The molecule has 0 saturated heterocycles. The summed E-state index contributed by atoms with van der Waals surface area (Å²) in [5.41, 5.74) is 0. The predicted molar refractivity (Wildman–Crippen MR) is 38.9 cm³/mol. The third-order valence-corrected chi connectivity index (χ3v) is 1.32. The highest BCUT2D eigenvalue weighted by atomic mass is 19.1. The van der Waals surface area contributed by atoms with Crippen molar-refractivity contribution in [3.05, 3.63) is 0 Å². The smallest absolute Gasteiger partial charge is 0.289 e. The van der Waals surface area contributed by atoms with Crippen LogP contribution in [0.1, 0.15) is 13.8 Å². The number of hydrogen-bond donors (Lipinski definition) is 0. The van der Waals surface area contributed by atoms with Gasteiger partial charge in [-0.25, -0.2) is 4.39 Å². The van der Waals surface area contributed by atoms with Crippen molar-refractivity contribution in [1.29, 1.82) is 0 Å². The zero-order chi connectivity index (χ0) is 8.85. The van der Waals surface area contributed by atoms with E-state index >= 15 is 0 Å². The van der Waals surface area contributed by atoms with Crippen molar-refractivity contribution in [2.75, 3.05) is 19.8 Å². The number of rotatable bonds is 4. The number of hydrogen-bond acceptors (Lipinski definition) is 2. The SMILES string of the molecule is CCN(CCF)C(=O)C(C)=O. The first kappa shape index (κ1) is 10.1. The molecule has 0 aliphatic rings. The highest BCUT2D eigenvalue weighted by molar-refractivity contribution is 6.35. The summed E-state index contributed by atoms with van der Waals surface area (Å²) in [6.07, 6.45) is 0. The molecule has 3 nitrogen and oxygen atoms in total. The fourth-order valence-corrected chi connectivity index (χ4v) is 0.728. The number of nitrogens with zero attached hydrogens (tertiary/aromatic N) is 1. The lowest BCUT2D eigenvalue weighted by atomic mass is 10.3. The Balaban J connectivity index is 4.02. The second-order valence-electron chi connectivity index (χ2n) is 2.13. The number of carbonyl (C=O) groups is 2. The lowest BCUT2D eigenvalue weighted by Crippen LogP contribution is -2.36. The molecule has 0 aromatic carbocycles. The van der Waals surface area contributed by atoms with Gasteiger partial charge in [-0.3, -0.25) is 9.59 Å². The number of amides is 1. The van der Waals surface area contributed by atoms with Crippen molar-refractivity contribution >= 4 is 11.7 Å². The van der Waals surface area contributed by atoms with Gasteiger partial charge in [0.1, 0.15) is 6.67 Å². The van der Waals surface area contributed by atoms with Crippen molar-refractivity contribution in [3.8, 4) is 0 Å². The maximum atomic E-state index is 11.7. The highest BCUT2D eigenvalue weighted by Crippen LogP contribution is 1.90. The van der Waals surface area contributed by atoms with Crippen LogP contribution in [0.25, 0.3) is 0 Å². The van der Waals surface area contributed by atoms with Crippen LogP contribution < -0.4 is 0 Å². The summed E-state index contributed by atoms with van der Waals surface area (Å²) in [6.45, 7) is 2.67. The van der Waals surface area contributed by atoms with Crippen molar-refractivity contribution in [3.63, 3.8) is 0 Å². The van der Waals surface area contributed by atoms with E-state index in [0.29, 0.717) is 6.54 Å². The molecule has 64 valence electrons. The number of alkyl halides is 1. The average molecular weight is 161 g/mol. The first-order valence-corrected chi connectivity index (χ1v) is 3.49. The Hall–Kier alpha value is -0.930. The molecule has 0 heterocycles. The lowest BCUT2D eigenvalue weighted by molar-refractivity contribution is -0.143. The van der Waals surface area contributed by atoms with Gasteiger partial charge in [0.15, 0.2) is 0 Å². The normalized spacial score (nSPS) is 9.36. The monoisotopic (exact) mass is 161 g/mol. The Morgan fingerprint density at radius 3 is 2.27 bits per heavy atom. The van der Waals surface area contributed by atoms with E-state index in [0.717, 1.165) is 0 Å². The fourth-order valence-electron chi connectivity index (χ4n) is 0.728. The van der Waals surface area contributed by atoms with E-state index in [1.54, 1.807) is 6.92 Å². The first-order chi connectivity index (χ1) is 5.13. The van der Waals surface area contributed by atoms with Crippen LogP contribution in [0.4, 0.5) is 4.39 Å². The van der Waals surface area contributed by atoms with Gasteiger partial charge in [-0.05, 0) is 6.92 Å². The molecule has 11 heavy (non-hydrogen) atoms. The number of carbonyl (C=O) groups excluding carboxylic acids is 2. The third-order valence-electron chi connectivity index (χ3n) is 1.32. The second-order valence-corrected chi connectivity index (χ2v) is 2.13. The number of likely N-dealkylation sites (N-methyl/N-ethyl adjacent to an activating group) is 1. The molecule has 0 atom stereocenters. The van der Waals surface area contributed by atoms with Gasteiger partial charge in [0.05, 0.1) is 0 Å². The van der Waals surface area contributed by atoms with Crippen molar-refractivity contribution in [1.82, 2.24) is 4.90 Å². The molecule has 0 aliphatic heterocycles. The zero-order valence-electron chi connectivity index (χ0n) is 6.76. The molecule has 0 aromatic rings. The van der Waals surface area contributed by atoms with E-state index in [-0.39, 0.29) is 6.54 Å². The van der Waals surface area contributed by atoms with E-state index < -0.39 is 18.4 Å². The number of ketones is 1. The number of Topliss-reactive ketones (excluding diaryl/α,β-unsaturated/α-hetero) is 1. The topological polar surface area (TPSA) is 37.4 Å². The summed E-state index contributed by atoms with van der Waals surface area (Å²) in [7, 11) is 0. The van der Waals surface area contributed by atoms with Gasteiger partial charge in [-0.1, -0.05) is 0 Å². The van der Waals surface area contributed by atoms with Crippen LogP contribution in [0.5, 0.6) is 0 Å². The Morgan fingerprint density at radius 2 is 2.00 bits per heavy atom. The molecular formula is C7H12FNO2. The van der Waals surface area contributed by atoms with Crippen LogP contribution >= 0.6 is 0 Å². The predicted octanol–water partition coefficient (Wildman–Crippen LogP) is 0.393. The summed E-state index contributed by atoms with van der Waals surface area (Å²) in [5.74, 6) is -1.15. The summed E-state index contributed by atoms with van der Waals surface area (Å²) in [6, 6.07) is 0. The molecule has 0 rings (SSSR count). The molecule has 0 radical (unpaired) electrons. The maximum absolute atomic E-state index is 11.7. The minimum Gasteiger partial charge on any atom is -0.334 e.